The fourth-order valence-corrected chi connectivity index (χ4v) is 1.62. The third-order valence-corrected chi connectivity index (χ3v) is 2.56. The van der Waals surface area contributed by atoms with E-state index >= 15 is 0 Å². The SMILES string of the molecule is CCc1cc(OC(F)(F)F)cc(C(=O)CBr)c1. The number of rotatable bonds is 4. The van der Waals surface area contributed by atoms with E-state index < -0.39 is 6.36 Å². The van der Waals surface area contributed by atoms with E-state index in [1.54, 1.807) is 13.0 Å². The maximum Gasteiger partial charge on any atom is 0.573 e. The molecule has 0 aliphatic rings. The first-order chi connectivity index (χ1) is 7.85. The molecular weight excluding hydrogens is 301 g/mol. The van der Waals surface area contributed by atoms with Gasteiger partial charge in [0.05, 0.1) is 5.33 Å². The molecule has 94 valence electrons. The van der Waals surface area contributed by atoms with E-state index in [-0.39, 0.29) is 22.4 Å². The van der Waals surface area contributed by atoms with Crippen LogP contribution in [0.4, 0.5) is 13.2 Å². The first-order valence-corrected chi connectivity index (χ1v) is 5.96. The van der Waals surface area contributed by atoms with E-state index in [4.69, 9.17) is 0 Å². The molecule has 17 heavy (non-hydrogen) atoms. The lowest BCUT2D eigenvalue weighted by Crippen LogP contribution is -2.17. The van der Waals surface area contributed by atoms with Gasteiger partial charge in [0, 0.05) is 5.56 Å². The van der Waals surface area contributed by atoms with Gasteiger partial charge in [-0.25, -0.2) is 0 Å². The molecule has 1 aromatic carbocycles. The number of Topliss-reactive ketones (excluding diaryl/α,β-unsaturated/α-hetero) is 1. The van der Waals surface area contributed by atoms with Crippen molar-refractivity contribution in [3.63, 3.8) is 0 Å². The third-order valence-electron chi connectivity index (χ3n) is 2.05. The van der Waals surface area contributed by atoms with Crippen LogP contribution in [0.15, 0.2) is 18.2 Å². The molecule has 6 heteroatoms. The average Bonchev–Trinajstić information content (AvgIpc) is 2.25. The summed E-state index contributed by atoms with van der Waals surface area (Å²) in [6.07, 6.45) is -4.22. The predicted molar refractivity (Wildman–Crippen MR) is 60.6 cm³/mol. The van der Waals surface area contributed by atoms with Gasteiger partial charge in [-0.2, -0.15) is 0 Å². The lowest BCUT2D eigenvalue weighted by atomic mass is 10.1. The van der Waals surface area contributed by atoms with Crippen molar-refractivity contribution in [1.82, 2.24) is 0 Å². The maximum absolute atomic E-state index is 12.1. The molecule has 0 amide bonds. The molecule has 0 N–H and O–H groups in total. The molecule has 0 aromatic heterocycles. The number of aryl methyl sites for hydroxylation is 1. The standard InChI is InChI=1S/C11H10BrF3O2/c1-2-7-3-8(10(16)6-12)5-9(4-7)17-11(13,14)15/h3-5H,2,6H2,1H3. The highest BCUT2D eigenvalue weighted by Gasteiger charge is 2.31. The fraction of sp³-hybridized carbons (Fsp3) is 0.364. The van der Waals surface area contributed by atoms with E-state index in [1.165, 1.54) is 6.07 Å². The van der Waals surface area contributed by atoms with Crippen LogP contribution in [0.25, 0.3) is 0 Å². The van der Waals surface area contributed by atoms with E-state index in [2.05, 4.69) is 20.7 Å². The number of alkyl halides is 4. The molecule has 1 rings (SSSR count). The second kappa shape index (κ2) is 5.53. The molecule has 0 bridgehead atoms. The topological polar surface area (TPSA) is 26.3 Å². The molecule has 0 spiro atoms. The maximum atomic E-state index is 12.1. The second-order valence-corrected chi connectivity index (χ2v) is 3.88. The zero-order valence-electron chi connectivity index (χ0n) is 8.97. The number of hydrogen-bond acceptors (Lipinski definition) is 2. The Morgan fingerprint density at radius 3 is 2.47 bits per heavy atom. The van der Waals surface area contributed by atoms with Crippen LogP contribution < -0.4 is 4.74 Å². The summed E-state index contributed by atoms with van der Waals surface area (Å²) in [5.41, 5.74) is 0.830. The van der Waals surface area contributed by atoms with Crippen LogP contribution in [0, 0.1) is 0 Å². The Hall–Kier alpha value is -1.04. The van der Waals surface area contributed by atoms with Gasteiger partial charge in [0.15, 0.2) is 5.78 Å². The molecular formula is C11H10BrF3O2. The third kappa shape index (κ3) is 4.38. The molecule has 0 aliphatic heterocycles. The summed E-state index contributed by atoms with van der Waals surface area (Å²) in [5, 5.41) is 0.0611. The van der Waals surface area contributed by atoms with Crippen molar-refractivity contribution < 1.29 is 22.7 Å². The summed E-state index contributed by atoms with van der Waals surface area (Å²) in [6.45, 7) is 1.79. The quantitative estimate of drug-likeness (QED) is 0.626. The van der Waals surface area contributed by atoms with Crippen molar-refractivity contribution in [1.29, 1.82) is 0 Å². The number of carbonyl (C=O) groups is 1. The summed E-state index contributed by atoms with van der Waals surface area (Å²) in [4.78, 5) is 11.4. The van der Waals surface area contributed by atoms with Gasteiger partial charge in [-0.1, -0.05) is 22.9 Å². The molecule has 0 unspecified atom stereocenters. The summed E-state index contributed by atoms with van der Waals surface area (Å²) in [6, 6.07) is 3.93. The molecule has 0 fully saturated rings. The van der Waals surface area contributed by atoms with Gasteiger partial charge in [-0.3, -0.25) is 4.79 Å². The number of halogens is 4. The van der Waals surface area contributed by atoms with Gasteiger partial charge < -0.3 is 4.74 Å². The fourth-order valence-electron chi connectivity index (χ4n) is 1.30. The Morgan fingerprint density at radius 2 is 2.00 bits per heavy atom. The molecule has 0 aliphatic carbocycles. The first-order valence-electron chi connectivity index (χ1n) is 4.84. The summed E-state index contributed by atoms with van der Waals surface area (Å²) in [7, 11) is 0. The van der Waals surface area contributed by atoms with Crippen LogP contribution >= 0.6 is 15.9 Å². The predicted octanol–water partition coefficient (Wildman–Crippen LogP) is 3.73. The largest absolute Gasteiger partial charge is 0.573 e. The van der Waals surface area contributed by atoms with Gasteiger partial charge in [-0.15, -0.1) is 13.2 Å². The highest BCUT2D eigenvalue weighted by Crippen LogP contribution is 2.25. The van der Waals surface area contributed by atoms with E-state index in [9.17, 15) is 18.0 Å². The highest BCUT2D eigenvalue weighted by molar-refractivity contribution is 9.09. The van der Waals surface area contributed by atoms with Crippen molar-refractivity contribution >= 4 is 21.7 Å². The Morgan fingerprint density at radius 1 is 1.35 bits per heavy atom. The minimum absolute atomic E-state index is 0.0611. The molecule has 0 heterocycles. The van der Waals surface area contributed by atoms with Crippen molar-refractivity contribution in [3.8, 4) is 5.75 Å². The normalized spacial score (nSPS) is 11.4. The minimum Gasteiger partial charge on any atom is -0.406 e. The Balaban J connectivity index is 3.09. The Labute approximate surface area is 105 Å². The summed E-state index contributed by atoms with van der Waals surface area (Å²) in [5.74, 6) is -0.645. The van der Waals surface area contributed by atoms with Crippen LogP contribution in [-0.4, -0.2) is 17.5 Å². The number of ketones is 1. The van der Waals surface area contributed by atoms with Crippen molar-refractivity contribution in [2.24, 2.45) is 0 Å². The van der Waals surface area contributed by atoms with Crippen LogP contribution in [0.3, 0.4) is 0 Å². The van der Waals surface area contributed by atoms with E-state index in [0.29, 0.717) is 12.0 Å². The van der Waals surface area contributed by atoms with Crippen molar-refractivity contribution in [2.75, 3.05) is 5.33 Å². The number of ether oxygens (including phenoxy) is 1. The molecule has 0 radical (unpaired) electrons. The van der Waals surface area contributed by atoms with Gasteiger partial charge in [0.25, 0.3) is 0 Å². The zero-order valence-corrected chi connectivity index (χ0v) is 10.6. The lowest BCUT2D eigenvalue weighted by Gasteiger charge is -2.11. The van der Waals surface area contributed by atoms with Gasteiger partial charge in [0.1, 0.15) is 5.75 Å². The average molecular weight is 311 g/mol. The Kier molecular flexibility index (Phi) is 4.56. The smallest absolute Gasteiger partial charge is 0.406 e. The number of hydrogen-bond donors (Lipinski definition) is 0. The highest BCUT2D eigenvalue weighted by atomic mass is 79.9. The van der Waals surface area contributed by atoms with Crippen molar-refractivity contribution in [3.05, 3.63) is 29.3 Å². The van der Waals surface area contributed by atoms with E-state index in [0.717, 1.165) is 6.07 Å². The number of carbonyl (C=O) groups excluding carboxylic acids is 1. The Bertz CT molecular complexity index is 416. The van der Waals surface area contributed by atoms with Crippen LogP contribution in [0.5, 0.6) is 5.75 Å². The van der Waals surface area contributed by atoms with Gasteiger partial charge >= 0.3 is 6.36 Å². The zero-order chi connectivity index (χ0) is 13.1. The molecule has 0 saturated heterocycles. The molecule has 1 aromatic rings. The van der Waals surface area contributed by atoms with Gasteiger partial charge in [-0.05, 0) is 30.2 Å². The lowest BCUT2D eigenvalue weighted by molar-refractivity contribution is -0.274. The monoisotopic (exact) mass is 310 g/mol. The molecule has 0 atom stereocenters. The summed E-state index contributed by atoms with van der Waals surface area (Å²) >= 11 is 2.97. The van der Waals surface area contributed by atoms with Crippen LogP contribution in [-0.2, 0) is 6.42 Å². The molecule has 2 nitrogen and oxygen atoms in total. The minimum atomic E-state index is -4.75. The van der Waals surface area contributed by atoms with Gasteiger partial charge in [0.2, 0.25) is 0 Å². The summed E-state index contributed by atoms with van der Waals surface area (Å²) < 4.78 is 40.0. The first kappa shape index (κ1) is 14.0. The van der Waals surface area contributed by atoms with Crippen molar-refractivity contribution in [2.45, 2.75) is 19.7 Å². The van der Waals surface area contributed by atoms with Crippen LogP contribution in [0.2, 0.25) is 0 Å². The van der Waals surface area contributed by atoms with E-state index in [1.807, 2.05) is 0 Å². The molecule has 0 saturated carbocycles. The number of benzene rings is 1. The second-order valence-electron chi connectivity index (χ2n) is 3.32. The van der Waals surface area contributed by atoms with Crippen LogP contribution in [0.1, 0.15) is 22.8 Å².